The summed E-state index contributed by atoms with van der Waals surface area (Å²) in [6.07, 6.45) is 0.175. The third kappa shape index (κ3) is 6.74. The lowest BCUT2D eigenvalue weighted by atomic mass is 10.0. The Morgan fingerprint density at radius 2 is 1.51 bits per heavy atom. The lowest BCUT2D eigenvalue weighted by Gasteiger charge is -2.22. The van der Waals surface area contributed by atoms with Crippen LogP contribution in [0.3, 0.4) is 0 Å². The summed E-state index contributed by atoms with van der Waals surface area (Å²) in [7, 11) is 0.419. The van der Waals surface area contributed by atoms with Crippen molar-refractivity contribution in [1.82, 2.24) is 10.0 Å². The van der Waals surface area contributed by atoms with E-state index in [4.69, 9.17) is 14.2 Å². The van der Waals surface area contributed by atoms with Gasteiger partial charge in [0.1, 0.15) is 11.8 Å². The van der Waals surface area contributed by atoms with E-state index < -0.39 is 22.0 Å². The zero-order chi connectivity index (χ0) is 25.4. The number of nitrogens with one attached hydrogen (secondary N) is 2. The van der Waals surface area contributed by atoms with Crippen molar-refractivity contribution in [2.75, 3.05) is 21.3 Å². The summed E-state index contributed by atoms with van der Waals surface area (Å²) in [5.74, 6) is 0.934. The summed E-state index contributed by atoms with van der Waals surface area (Å²) >= 11 is 0. The van der Waals surface area contributed by atoms with Gasteiger partial charge < -0.3 is 19.5 Å². The molecule has 0 aromatic heterocycles. The Bertz CT molecular complexity index is 1230. The molecule has 0 aliphatic rings. The van der Waals surface area contributed by atoms with E-state index in [2.05, 4.69) is 10.0 Å². The average molecular weight is 499 g/mol. The van der Waals surface area contributed by atoms with Crippen molar-refractivity contribution in [3.63, 3.8) is 0 Å². The monoisotopic (exact) mass is 498 g/mol. The minimum absolute atomic E-state index is 0.0378. The van der Waals surface area contributed by atoms with E-state index in [0.29, 0.717) is 11.5 Å². The van der Waals surface area contributed by atoms with Crippen LogP contribution in [0.1, 0.15) is 24.1 Å². The first-order valence-corrected chi connectivity index (χ1v) is 12.5. The highest BCUT2D eigenvalue weighted by Crippen LogP contribution is 2.29. The molecule has 3 rings (SSSR count). The quantitative estimate of drug-likeness (QED) is 0.420. The van der Waals surface area contributed by atoms with E-state index in [-0.39, 0.29) is 23.1 Å². The van der Waals surface area contributed by atoms with Crippen molar-refractivity contribution in [3.05, 3.63) is 83.9 Å². The van der Waals surface area contributed by atoms with E-state index in [1.165, 1.54) is 32.4 Å². The van der Waals surface area contributed by atoms with Gasteiger partial charge in [-0.2, -0.15) is 4.72 Å². The van der Waals surface area contributed by atoms with Crippen LogP contribution in [0.15, 0.2) is 77.7 Å². The SMILES string of the molecule is COc1ccc([C@@H](C)NC(=O)[C@H](Cc2ccccc2)NS(=O)(=O)c2ccc(OC)c(OC)c2)cc1. The second-order valence-corrected chi connectivity index (χ2v) is 9.60. The van der Waals surface area contributed by atoms with Gasteiger partial charge in [-0.15, -0.1) is 0 Å². The Balaban J connectivity index is 1.85. The van der Waals surface area contributed by atoms with Crippen LogP contribution in [0, 0.1) is 0 Å². The van der Waals surface area contributed by atoms with Crippen LogP contribution >= 0.6 is 0 Å². The second kappa shape index (κ2) is 11.7. The predicted molar refractivity (Wildman–Crippen MR) is 133 cm³/mol. The van der Waals surface area contributed by atoms with E-state index in [1.807, 2.05) is 49.4 Å². The van der Waals surface area contributed by atoms with Crippen molar-refractivity contribution in [2.45, 2.75) is 30.3 Å². The number of sulfonamides is 1. The summed E-state index contributed by atoms with van der Waals surface area (Å²) < 4.78 is 44.6. The molecule has 2 N–H and O–H groups in total. The summed E-state index contributed by atoms with van der Waals surface area (Å²) in [5.41, 5.74) is 1.68. The van der Waals surface area contributed by atoms with Crippen molar-refractivity contribution >= 4 is 15.9 Å². The molecular formula is C26H30N2O6S. The van der Waals surface area contributed by atoms with Crippen LogP contribution in [0.5, 0.6) is 17.2 Å². The molecule has 186 valence electrons. The Labute approximate surface area is 206 Å². The topological polar surface area (TPSA) is 103 Å². The molecule has 3 aromatic rings. The Morgan fingerprint density at radius 1 is 0.857 bits per heavy atom. The fraction of sp³-hybridized carbons (Fsp3) is 0.269. The van der Waals surface area contributed by atoms with Crippen LogP contribution in [0.2, 0.25) is 0 Å². The van der Waals surface area contributed by atoms with Crippen molar-refractivity contribution in [3.8, 4) is 17.2 Å². The normalized spacial score (nSPS) is 12.9. The minimum atomic E-state index is -4.05. The number of benzene rings is 3. The molecule has 0 heterocycles. The van der Waals surface area contributed by atoms with Crippen LogP contribution in [-0.4, -0.2) is 41.7 Å². The molecule has 0 aliphatic heterocycles. The first kappa shape index (κ1) is 26.1. The van der Waals surface area contributed by atoms with Gasteiger partial charge in [-0.1, -0.05) is 42.5 Å². The number of carbonyl (C=O) groups excluding carboxylic acids is 1. The lowest BCUT2D eigenvalue weighted by Crippen LogP contribution is -2.48. The van der Waals surface area contributed by atoms with E-state index >= 15 is 0 Å². The summed E-state index contributed by atoms with van der Waals surface area (Å²) in [4.78, 5) is 13.2. The van der Waals surface area contributed by atoms with Gasteiger partial charge in [0, 0.05) is 6.07 Å². The van der Waals surface area contributed by atoms with Crippen molar-refractivity contribution in [2.24, 2.45) is 0 Å². The maximum atomic E-state index is 13.3. The minimum Gasteiger partial charge on any atom is -0.497 e. The number of ether oxygens (including phenoxy) is 3. The highest BCUT2D eigenvalue weighted by Gasteiger charge is 2.28. The molecule has 9 heteroatoms. The summed E-state index contributed by atoms with van der Waals surface area (Å²) in [5, 5.41) is 2.92. The van der Waals surface area contributed by atoms with E-state index in [0.717, 1.165) is 11.1 Å². The van der Waals surface area contributed by atoms with Crippen LogP contribution in [0.4, 0.5) is 0 Å². The van der Waals surface area contributed by atoms with E-state index in [9.17, 15) is 13.2 Å². The predicted octanol–water partition coefficient (Wildman–Crippen LogP) is 3.48. The van der Waals surface area contributed by atoms with Gasteiger partial charge in [-0.3, -0.25) is 4.79 Å². The van der Waals surface area contributed by atoms with Crippen LogP contribution in [-0.2, 0) is 21.2 Å². The zero-order valence-electron chi connectivity index (χ0n) is 20.1. The molecule has 0 spiro atoms. The highest BCUT2D eigenvalue weighted by atomic mass is 32.2. The molecule has 0 unspecified atom stereocenters. The largest absolute Gasteiger partial charge is 0.497 e. The molecule has 8 nitrogen and oxygen atoms in total. The third-order valence-corrected chi connectivity index (χ3v) is 7.01. The number of hydrogen-bond donors (Lipinski definition) is 2. The maximum Gasteiger partial charge on any atom is 0.241 e. The van der Waals surface area contributed by atoms with Crippen LogP contribution in [0.25, 0.3) is 0 Å². The first-order valence-electron chi connectivity index (χ1n) is 11.0. The van der Waals surface area contributed by atoms with E-state index in [1.54, 1.807) is 19.2 Å². The lowest BCUT2D eigenvalue weighted by molar-refractivity contribution is -0.123. The van der Waals surface area contributed by atoms with Gasteiger partial charge in [-0.05, 0) is 48.7 Å². The highest BCUT2D eigenvalue weighted by molar-refractivity contribution is 7.89. The molecule has 0 saturated carbocycles. The second-order valence-electron chi connectivity index (χ2n) is 7.88. The molecule has 0 aliphatic carbocycles. The number of hydrogen-bond acceptors (Lipinski definition) is 6. The summed E-state index contributed by atoms with van der Waals surface area (Å²) in [6.45, 7) is 1.84. The van der Waals surface area contributed by atoms with Crippen molar-refractivity contribution in [1.29, 1.82) is 0 Å². The van der Waals surface area contributed by atoms with Gasteiger partial charge in [0.25, 0.3) is 0 Å². The molecule has 2 atom stereocenters. The number of amides is 1. The van der Waals surface area contributed by atoms with Crippen molar-refractivity contribution < 1.29 is 27.4 Å². The third-order valence-electron chi connectivity index (χ3n) is 5.54. The molecule has 1 amide bonds. The average Bonchev–Trinajstić information content (AvgIpc) is 2.88. The fourth-order valence-corrected chi connectivity index (χ4v) is 4.78. The Hall–Kier alpha value is -3.56. The van der Waals surface area contributed by atoms with Gasteiger partial charge >= 0.3 is 0 Å². The zero-order valence-corrected chi connectivity index (χ0v) is 21.0. The Morgan fingerprint density at radius 3 is 2.11 bits per heavy atom. The van der Waals surface area contributed by atoms with Gasteiger partial charge in [-0.25, -0.2) is 8.42 Å². The molecule has 35 heavy (non-hydrogen) atoms. The molecule has 0 radical (unpaired) electrons. The first-order chi connectivity index (χ1) is 16.8. The molecule has 3 aromatic carbocycles. The molecule has 0 fully saturated rings. The summed E-state index contributed by atoms with van der Waals surface area (Å²) in [6, 6.07) is 19.4. The fourth-order valence-electron chi connectivity index (χ4n) is 3.57. The number of methoxy groups -OCH3 is 3. The van der Waals surface area contributed by atoms with Crippen LogP contribution < -0.4 is 24.2 Å². The smallest absolute Gasteiger partial charge is 0.241 e. The van der Waals surface area contributed by atoms with Gasteiger partial charge in [0.05, 0.1) is 32.3 Å². The van der Waals surface area contributed by atoms with Gasteiger partial charge in [0.15, 0.2) is 11.5 Å². The molecule has 0 bridgehead atoms. The number of carbonyl (C=O) groups is 1. The number of rotatable bonds is 11. The molecule has 0 saturated heterocycles. The maximum absolute atomic E-state index is 13.3. The Kier molecular flexibility index (Phi) is 8.73. The van der Waals surface area contributed by atoms with Gasteiger partial charge in [0.2, 0.25) is 15.9 Å². The standard InChI is InChI=1S/C26H30N2O6S/c1-18(20-10-12-21(32-2)13-11-20)27-26(29)23(16-19-8-6-5-7-9-19)28-35(30,31)22-14-15-24(33-3)25(17-22)34-4/h5-15,17-18,23,28H,16H2,1-4H3,(H,27,29)/t18-,23+/m1/s1. The molecular weight excluding hydrogens is 468 g/mol.